The molecule has 9 nitrogen and oxygen atoms in total. The van der Waals surface area contributed by atoms with Gasteiger partial charge in [0, 0.05) is 22.4 Å². The summed E-state index contributed by atoms with van der Waals surface area (Å²) in [6.45, 7) is 4.57. The number of hydrogen-bond acceptors (Lipinski definition) is 7. The summed E-state index contributed by atoms with van der Waals surface area (Å²) in [6.07, 6.45) is 2.26. The zero-order chi connectivity index (χ0) is 37.0. The minimum absolute atomic E-state index is 0.131. The number of nitrogens with one attached hydrogen (secondary N) is 1. The monoisotopic (exact) mass is 753 g/mol. The number of carbonyl (C=O) groups excluding carboxylic acids is 1. The maximum absolute atomic E-state index is 15.5. The van der Waals surface area contributed by atoms with E-state index in [9.17, 15) is 17.6 Å². The summed E-state index contributed by atoms with van der Waals surface area (Å²) >= 11 is 7.29. The van der Waals surface area contributed by atoms with Crippen LogP contribution in [0.5, 0.6) is 5.75 Å². The molecule has 50 heavy (non-hydrogen) atoms. The second-order valence-electron chi connectivity index (χ2n) is 13.2. The van der Waals surface area contributed by atoms with E-state index in [4.69, 9.17) is 21.1 Å². The molecular formula is C35H41ClF3N4O5S2+. The van der Waals surface area contributed by atoms with Gasteiger partial charge < -0.3 is 14.0 Å². The number of sulfonamides is 1. The number of thioether (sulfide) groups is 1. The summed E-state index contributed by atoms with van der Waals surface area (Å²) in [5.74, 6) is -3.21. The van der Waals surface area contributed by atoms with Crippen molar-refractivity contribution in [2.75, 3.05) is 41.9 Å². The minimum Gasteiger partial charge on any atom is -0.495 e. The third-order valence-electron chi connectivity index (χ3n) is 8.20. The molecule has 3 aromatic carbocycles. The highest BCUT2D eigenvalue weighted by atomic mass is 35.5. The maximum Gasteiger partial charge on any atom is 0.323 e. The molecule has 0 unspecified atom stereocenters. The number of imidazole rings is 1. The number of esters is 1. The molecule has 0 saturated carbocycles. The Morgan fingerprint density at radius 3 is 2.26 bits per heavy atom. The molecule has 1 aromatic heterocycles. The smallest absolute Gasteiger partial charge is 0.323 e. The lowest BCUT2D eigenvalue weighted by atomic mass is 9.81. The van der Waals surface area contributed by atoms with Crippen LogP contribution in [0.15, 0.2) is 70.8 Å². The van der Waals surface area contributed by atoms with E-state index in [1.54, 1.807) is 29.0 Å². The van der Waals surface area contributed by atoms with Gasteiger partial charge in [-0.25, -0.2) is 26.6 Å². The van der Waals surface area contributed by atoms with Crippen molar-refractivity contribution in [1.29, 1.82) is 0 Å². The fraction of sp³-hybridized carbons (Fsp3) is 0.371. The topological polar surface area (TPSA) is 99.5 Å². The number of rotatable bonds is 15. The summed E-state index contributed by atoms with van der Waals surface area (Å²) in [7, 11) is 4.01. The molecule has 1 heterocycles. The first kappa shape index (κ1) is 39.2. The van der Waals surface area contributed by atoms with E-state index in [1.807, 2.05) is 47.1 Å². The largest absolute Gasteiger partial charge is 0.495 e. The first-order valence-corrected chi connectivity index (χ1v) is 18.4. The van der Waals surface area contributed by atoms with Crippen molar-refractivity contribution in [2.45, 2.75) is 54.0 Å². The highest BCUT2D eigenvalue weighted by Crippen LogP contribution is 2.39. The molecular weight excluding hydrogens is 713 g/mol. The highest BCUT2D eigenvalue weighted by molar-refractivity contribution is 7.98. The molecule has 270 valence electrons. The Kier molecular flexibility index (Phi) is 12.4. The molecule has 0 bridgehead atoms. The molecule has 0 amide bonds. The normalized spacial score (nSPS) is 12.9. The van der Waals surface area contributed by atoms with Crippen molar-refractivity contribution in [3.8, 4) is 11.4 Å². The van der Waals surface area contributed by atoms with Gasteiger partial charge in [-0.2, -0.15) is 4.72 Å². The van der Waals surface area contributed by atoms with Gasteiger partial charge in [0.05, 0.1) is 63.7 Å². The third-order valence-corrected chi connectivity index (χ3v) is 10.9. The predicted octanol–water partition coefficient (Wildman–Crippen LogP) is 6.88. The van der Waals surface area contributed by atoms with Crippen LogP contribution in [0.25, 0.3) is 5.69 Å². The zero-order valence-electron chi connectivity index (χ0n) is 28.9. The molecule has 0 aliphatic rings. The van der Waals surface area contributed by atoms with Crippen molar-refractivity contribution < 1.29 is 40.3 Å². The molecule has 0 spiro atoms. The number of aromatic nitrogens is 2. The van der Waals surface area contributed by atoms with Gasteiger partial charge in [-0.1, -0.05) is 43.3 Å². The van der Waals surface area contributed by atoms with E-state index in [0.29, 0.717) is 44.8 Å². The number of quaternary nitrogens is 1. The van der Waals surface area contributed by atoms with Crippen molar-refractivity contribution in [2.24, 2.45) is 0 Å². The SMILES string of the molecule is COC(=O)[C@H](CCC[N+](C)(C)C)NS(=O)(=O)c1cc(F)c(CSc2ncc(C(C)(C)c3ccc(Cl)c(OC)c3)n2-c2ccc(F)cc2)c(F)c1. The Hall–Kier alpha value is -3.56. The van der Waals surface area contributed by atoms with Crippen molar-refractivity contribution in [1.82, 2.24) is 14.3 Å². The second kappa shape index (κ2) is 15.8. The Balaban J connectivity index is 1.64. The molecule has 1 atom stereocenters. The summed E-state index contributed by atoms with van der Waals surface area (Å²) < 4.78 is 86.1. The fourth-order valence-corrected chi connectivity index (χ4v) is 7.76. The van der Waals surface area contributed by atoms with Gasteiger partial charge in [0.1, 0.15) is 29.2 Å². The van der Waals surface area contributed by atoms with E-state index >= 15 is 8.78 Å². The number of benzene rings is 3. The third kappa shape index (κ3) is 9.21. The number of halogens is 4. The number of ether oxygens (including phenoxy) is 2. The van der Waals surface area contributed by atoms with Crippen LogP contribution in [0.2, 0.25) is 5.02 Å². The van der Waals surface area contributed by atoms with Gasteiger partial charge in [-0.05, 0) is 66.9 Å². The summed E-state index contributed by atoms with van der Waals surface area (Å²) in [6, 6.07) is 11.3. The molecule has 0 aliphatic heterocycles. The average Bonchev–Trinajstić information content (AvgIpc) is 3.48. The molecule has 0 saturated heterocycles. The van der Waals surface area contributed by atoms with E-state index in [1.165, 1.54) is 19.2 Å². The molecule has 4 aromatic rings. The van der Waals surface area contributed by atoms with Crippen LogP contribution in [0.1, 0.15) is 43.5 Å². The highest BCUT2D eigenvalue weighted by Gasteiger charge is 2.32. The van der Waals surface area contributed by atoms with E-state index in [0.717, 1.165) is 36.6 Å². The molecule has 1 N–H and O–H groups in total. The fourth-order valence-electron chi connectivity index (χ4n) is 5.32. The van der Waals surface area contributed by atoms with Crippen molar-refractivity contribution in [3.63, 3.8) is 0 Å². The summed E-state index contributed by atoms with van der Waals surface area (Å²) in [5.41, 5.74) is 1.00. The van der Waals surface area contributed by atoms with Crippen LogP contribution in [-0.2, 0) is 30.7 Å². The lowest BCUT2D eigenvalue weighted by molar-refractivity contribution is -0.870. The molecule has 0 aliphatic carbocycles. The number of hydrogen-bond donors (Lipinski definition) is 1. The zero-order valence-corrected chi connectivity index (χ0v) is 31.3. The second-order valence-corrected chi connectivity index (χ2v) is 16.3. The first-order chi connectivity index (χ1) is 23.4. The van der Waals surface area contributed by atoms with Gasteiger partial charge >= 0.3 is 5.97 Å². The lowest BCUT2D eigenvalue weighted by Gasteiger charge is -2.28. The van der Waals surface area contributed by atoms with Gasteiger partial charge in [-0.15, -0.1) is 0 Å². The first-order valence-electron chi connectivity index (χ1n) is 15.6. The summed E-state index contributed by atoms with van der Waals surface area (Å²) in [4.78, 5) is 16.3. The predicted molar refractivity (Wildman–Crippen MR) is 188 cm³/mol. The Morgan fingerprint density at radius 1 is 1.04 bits per heavy atom. The van der Waals surface area contributed by atoms with Gasteiger partial charge in [0.15, 0.2) is 5.16 Å². The van der Waals surface area contributed by atoms with Crippen LogP contribution >= 0.6 is 23.4 Å². The van der Waals surface area contributed by atoms with E-state index < -0.39 is 49.8 Å². The maximum atomic E-state index is 15.5. The average molecular weight is 754 g/mol. The van der Waals surface area contributed by atoms with Gasteiger partial charge in [0.25, 0.3) is 0 Å². The summed E-state index contributed by atoms with van der Waals surface area (Å²) in [5, 5.41) is 0.792. The Morgan fingerprint density at radius 2 is 1.68 bits per heavy atom. The number of nitrogens with zero attached hydrogens (tertiary/aromatic N) is 3. The Labute approximate surface area is 300 Å². The molecule has 4 rings (SSSR count). The lowest BCUT2D eigenvalue weighted by Crippen LogP contribution is -2.43. The van der Waals surface area contributed by atoms with Crippen LogP contribution in [0.4, 0.5) is 13.2 Å². The quantitative estimate of drug-likeness (QED) is 0.0804. The molecule has 0 radical (unpaired) electrons. The van der Waals surface area contributed by atoms with Crippen LogP contribution in [0.3, 0.4) is 0 Å². The standard InChI is InChI=1S/C35H41ClF3N4O5S2/c1-35(2,22-10-15-27(36)31(17-22)47-6)32-20-40-34(42(32)24-13-11-23(37)12-14-24)49-21-26-28(38)18-25(19-29(26)39)50(45,46)41-30(33(44)48-7)9-8-16-43(3,4)5/h10-15,17-20,30,41H,8-9,16,21H2,1-7H3/q+1/t30-/m0/s1. The van der Waals surface area contributed by atoms with Crippen LogP contribution < -0.4 is 9.46 Å². The molecule has 15 heteroatoms. The van der Waals surface area contributed by atoms with Crippen LogP contribution in [-0.4, -0.2) is 76.4 Å². The van der Waals surface area contributed by atoms with E-state index in [-0.39, 0.29) is 17.7 Å². The van der Waals surface area contributed by atoms with Gasteiger partial charge in [0.2, 0.25) is 10.0 Å². The van der Waals surface area contributed by atoms with Crippen molar-refractivity contribution in [3.05, 3.63) is 100 Å². The van der Waals surface area contributed by atoms with E-state index in [2.05, 4.69) is 9.71 Å². The number of methoxy groups -OCH3 is 2. The van der Waals surface area contributed by atoms with Gasteiger partial charge in [-0.3, -0.25) is 9.36 Å². The van der Waals surface area contributed by atoms with Crippen LogP contribution in [0, 0.1) is 17.5 Å². The minimum atomic E-state index is -4.51. The Bertz CT molecular complexity index is 1930. The van der Waals surface area contributed by atoms with Crippen molar-refractivity contribution >= 4 is 39.4 Å². The number of carbonyl (C=O) groups is 1. The molecule has 0 fully saturated rings.